The second kappa shape index (κ2) is 5.01. The lowest BCUT2D eigenvalue weighted by atomic mass is 10.1. The lowest BCUT2D eigenvalue weighted by molar-refractivity contribution is 0.131. The molecule has 0 unspecified atom stereocenters. The van der Waals surface area contributed by atoms with Crippen LogP contribution in [0.5, 0.6) is 5.75 Å². The molecule has 0 amide bonds. The molecule has 0 bridgehead atoms. The highest BCUT2D eigenvalue weighted by atomic mass is 16.5. The summed E-state index contributed by atoms with van der Waals surface area (Å²) in [7, 11) is 0. The van der Waals surface area contributed by atoms with Crippen molar-refractivity contribution in [2.45, 2.75) is 52.7 Å². The van der Waals surface area contributed by atoms with Gasteiger partial charge in [0.25, 0.3) is 0 Å². The Bertz CT molecular complexity index is 548. The minimum absolute atomic E-state index is 0.0724. The maximum absolute atomic E-state index is 5.90. The molecule has 0 saturated heterocycles. The Balaban J connectivity index is 2.30. The Morgan fingerprint density at radius 2 is 1.40 bits per heavy atom. The molecule has 0 aromatic heterocycles. The molecule has 0 saturated carbocycles. The maximum Gasteiger partial charge on any atom is 0.120 e. The van der Waals surface area contributed by atoms with E-state index in [1.807, 2.05) is 6.07 Å². The molecular weight excluding hydrogens is 246 g/mol. The molecule has 1 N–H and O–H groups in total. The smallest absolute Gasteiger partial charge is 0.120 e. The molecule has 0 aliphatic carbocycles. The highest BCUT2D eigenvalue weighted by Crippen LogP contribution is 2.27. The van der Waals surface area contributed by atoms with E-state index in [9.17, 15) is 0 Å². The lowest BCUT2D eigenvalue weighted by Crippen LogP contribution is -2.25. The molecule has 0 fully saturated rings. The Morgan fingerprint density at radius 3 is 2.00 bits per heavy atom. The number of ether oxygens (including phenoxy) is 1. The summed E-state index contributed by atoms with van der Waals surface area (Å²) in [4.78, 5) is 0. The van der Waals surface area contributed by atoms with Gasteiger partial charge in [0, 0.05) is 11.2 Å². The predicted molar refractivity (Wildman–Crippen MR) is 87.7 cm³/mol. The van der Waals surface area contributed by atoms with Crippen molar-refractivity contribution in [2.75, 3.05) is 5.32 Å². The first kappa shape index (κ1) is 14.7. The van der Waals surface area contributed by atoms with Gasteiger partial charge in [0.15, 0.2) is 0 Å². The Labute approximate surface area is 122 Å². The van der Waals surface area contributed by atoms with E-state index < -0.39 is 0 Å². The van der Waals surface area contributed by atoms with Crippen LogP contribution >= 0.6 is 0 Å². The van der Waals surface area contributed by atoms with Crippen LogP contribution in [-0.4, -0.2) is 11.1 Å². The van der Waals surface area contributed by atoms with Crippen molar-refractivity contribution in [1.29, 1.82) is 0 Å². The summed E-state index contributed by atoms with van der Waals surface area (Å²) >= 11 is 0. The second-order valence-corrected chi connectivity index (χ2v) is 7.31. The molecule has 2 aromatic rings. The normalized spacial score (nSPS) is 12.5. The zero-order chi connectivity index (χ0) is 15.0. The van der Waals surface area contributed by atoms with Gasteiger partial charge in [-0.3, -0.25) is 0 Å². The summed E-state index contributed by atoms with van der Waals surface area (Å²) in [5.41, 5.74) is 1.05. The number of fused-ring (bicyclic) bond motifs is 1. The average molecular weight is 271 g/mol. The van der Waals surface area contributed by atoms with Gasteiger partial charge >= 0.3 is 0 Å². The van der Waals surface area contributed by atoms with E-state index in [1.54, 1.807) is 0 Å². The van der Waals surface area contributed by atoms with Crippen LogP contribution in [0, 0.1) is 0 Å². The van der Waals surface area contributed by atoms with Crippen molar-refractivity contribution < 1.29 is 4.74 Å². The molecule has 0 radical (unpaired) electrons. The van der Waals surface area contributed by atoms with Crippen molar-refractivity contribution in [3.05, 3.63) is 36.4 Å². The summed E-state index contributed by atoms with van der Waals surface area (Å²) in [6.07, 6.45) is 0. The van der Waals surface area contributed by atoms with E-state index in [0.29, 0.717) is 0 Å². The lowest BCUT2D eigenvalue weighted by Gasteiger charge is -2.23. The van der Waals surface area contributed by atoms with Crippen LogP contribution in [0.1, 0.15) is 41.5 Å². The van der Waals surface area contributed by atoms with Gasteiger partial charge in [0.2, 0.25) is 0 Å². The first-order valence-electron chi connectivity index (χ1n) is 7.13. The number of nitrogens with one attached hydrogen (secondary N) is 1. The van der Waals surface area contributed by atoms with Crippen molar-refractivity contribution in [2.24, 2.45) is 0 Å². The molecule has 20 heavy (non-hydrogen) atoms. The van der Waals surface area contributed by atoms with E-state index in [2.05, 4.69) is 77.2 Å². The van der Waals surface area contributed by atoms with Crippen LogP contribution in [0.2, 0.25) is 0 Å². The van der Waals surface area contributed by atoms with Gasteiger partial charge in [0.1, 0.15) is 11.4 Å². The number of hydrogen-bond acceptors (Lipinski definition) is 2. The molecule has 2 heteroatoms. The van der Waals surface area contributed by atoms with Crippen molar-refractivity contribution >= 4 is 16.5 Å². The van der Waals surface area contributed by atoms with Gasteiger partial charge in [-0.25, -0.2) is 0 Å². The fraction of sp³-hybridized carbons (Fsp3) is 0.444. The first-order chi connectivity index (χ1) is 9.12. The molecule has 2 nitrogen and oxygen atoms in total. The van der Waals surface area contributed by atoms with Crippen LogP contribution in [0.3, 0.4) is 0 Å². The van der Waals surface area contributed by atoms with Crippen LogP contribution < -0.4 is 10.1 Å². The summed E-state index contributed by atoms with van der Waals surface area (Å²) in [6.45, 7) is 12.7. The van der Waals surface area contributed by atoms with E-state index in [1.165, 1.54) is 10.8 Å². The first-order valence-corrected chi connectivity index (χ1v) is 7.13. The van der Waals surface area contributed by atoms with E-state index in [0.717, 1.165) is 11.4 Å². The van der Waals surface area contributed by atoms with Gasteiger partial charge in [0.05, 0.1) is 0 Å². The third kappa shape index (κ3) is 4.16. The summed E-state index contributed by atoms with van der Waals surface area (Å²) < 4.78 is 5.90. The number of anilines is 1. The number of hydrogen-bond donors (Lipinski definition) is 1. The van der Waals surface area contributed by atoms with Gasteiger partial charge in [-0.05, 0) is 76.6 Å². The Kier molecular flexibility index (Phi) is 3.68. The van der Waals surface area contributed by atoms with Gasteiger partial charge < -0.3 is 10.1 Å². The fourth-order valence-corrected chi connectivity index (χ4v) is 2.15. The van der Waals surface area contributed by atoms with Crippen LogP contribution in [0.4, 0.5) is 5.69 Å². The predicted octanol–water partition coefficient (Wildman–Crippen LogP) is 5.23. The minimum atomic E-state index is -0.165. The van der Waals surface area contributed by atoms with Crippen molar-refractivity contribution in [3.8, 4) is 5.75 Å². The van der Waals surface area contributed by atoms with Crippen LogP contribution in [0.15, 0.2) is 36.4 Å². The second-order valence-electron chi connectivity index (χ2n) is 7.31. The summed E-state index contributed by atoms with van der Waals surface area (Å²) in [5, 5.41) is 5.92. The monoisotopic (exact) mass is 271 g/mol. The maximum atomic E-state index is 5.90. The summed E-state index contributed by atoms with van der Waals surface area (Å²) in [6, 6.07) is 12.7. The van der Waals surface area contributed by atoms with E-state index >= 15 is 0 Å². The summed E-state index contributed by atoms with van der Waals surface area (Å²) in [5.74, 6) is 0.918. The molecular formula is C18H25NO. The zero-order valence-corrected chi connectivity index (χ0v) is 13.4. The molecule has 2 rings (SSSR count). The van der Waals surface area contributed by atoms with Gasteiger partial charge in [-0.2, -0.15) is 0 Å². The largest absolute Gasteiger partial charge is 0.488 e. The van der Waals surface area contributed by atoms with Gasteiger partial charge in [-0.15, -0.1) is 0 Å². The van der Waals surface area contributed by atoms with Crippen LogP contribution in [-0.2, 0) is 0 Å². The number of rotatable bonds is 2. The van der Waals surface area contributed by atoms with Gasteiger partial charge in [-0.1, -0.05) is 12.1 Å². The molecule has 0 spiro atoms. The average Bonchev–Trinajstić information content (AvgIpc) is 2.25. The molecule has 108 valence electrons. The van der Waals surface area contributed by atoms with Crippen molar-refractivity contribution in [1.82, 2.24) is 0 Å². The Morgan fingerprint density at radius 1 is 0.800 bits per heavy atom. The standard InChI is InChI=1S/C18H25NO/c1-17(2,3)19-15-9-7-14-12-16(20-18(4,5)6)10-8-13(14)11-15/h7-12,19H,1-6H3. The fourth-order valence-electron chi connectivity index (χ4n) is 2.15. The SMILES string of the molecule is CC(C)(C)Nc1ccc2cc(OC(C)(C)C)ccc2c1. The third-order valence-corrected chi connectivity index (χ3v) is 2.76. The molecule has 0 aliphatic heterocycles. The Hall–Kier alpha value is -1.70. The minimum Gasteiger partial charge on any atom is -0.488 e. The number of benzene rings is 2. The van der Waals surface area contributed by atoms with E-state index in [4.69, 9.17) is 4.74 Å². The third-order valence-electron chi connectivity index (χ3n) is 2.76. The molecule has 2 aromatic carbocycles. The van der Waals surface area contributed by atoms with Crippen LogP contribution in [0.25, 0.3) is 10.8 Å². The molecule has 0 aliphatic rings. The highest BCUT2D eigenvalue weighted by molar-refractivity contribution is 5.87. The highest BCUT2D eigenvalue weighted by Gasteiger charge is 2.12. The van der Waals surface area contributed by atoms with E-state index in [-0.39, 0.29) is 11.1 Å². The molecule has 0 atom stereocenters. The molecule has 0 heterocycles. The van der Waals surface area contributed by atoms with Crippen molar-refractivity contribution in [3.63, 3.8) is 0 Å². The quantitative estimate of drug-likeness (QED) is 0.807. The topological polar surface area (TPSA) is 21.3 Å². The zero-order valence-electron chi connectivity index (χ0n) is 13.4.